The Labute approximate surface area is 192 Å². The Morgan fingerprint density at radius 2 is 1.73 bits per heavy atom. The van der Waals surface area contributed by atoms with Crippen LogP contribution in [0.15, 0.2) is 63.9 Å². The van der Waals surface area contributed by atoms with E-state index >= 15 is 0 Å². The van der Waals surface area contributed by atoms with E-state index in [0.717, 1.165) is 24.3 Å². The third-order valence-electron chi connectivity index (χ3n) is 5.73. The Hall–Kier alpha value is -3.46. The van der Waals surface area contributed by atoms with E-state index in [1.54, 1.807) is 30.3 Å². The third-order valence-corrected chi connectivity index (χ3v) is 7.05. The number of rotatable bonds is 5. The van der Waals surface area contributed by atoms with Gasteiger partial charge in [0.05, 0.1) is 10.5 Å². The Morgan fingerprint density at radius 3 is 2.33 bits per heavy atom. The van der Waals surface area contributed by atoms with Gasteiger partial charge in [-0.1, -0.05) is 0 Å². The van der Waals surface area contributed by atoms with Crippen LogP contribution in [0.4, 0.5) is 10.1 Å². The molecule has 1 aliphatic heterocycles. The van der Waals surface area contributed by atoms with Gasteiger partial charge in [-0.05, 0) is 74.9 Å². The number of amidine groups is 1. The van der Waals surface area contributed by atoms with Gasteiger partial charge >= 0.3 is 0 Å². The van der Waals surface area contributed by atoms with Crippen LogP contribution >= 0.6 is 0 Å². The summed E-state index contributed by atoms with van der Waals surface area (Å²) in [6.45, 7) is 4.48. The Kier molecular flexibility index (Phi) is 6.07. The molecule has 1 aromatic heterocycles. The Bertz CT molecular complexity index is 1330. The van der Waals surface area contributed by atoms with Crippen LogP contribution in [0.25, 0.3) is 5.69 Å². The van der Waals surface area contributed by atoms with E-state index in [4.69, 9.17) is 0 Å². The lowest BCUT2D eigenvalue weighted by Gasteiger charge is -2.11. The molecule has 1 saturated heterocycles. The number of carbonyl (C=O) groups is 1. The summed E-state index contributed by atoms with van der Waals surface area (Å²) in [5.74, 6) is -0.0879. The molecular weight excluding hydrogens is 443 g/mol. The van der Waals surface area contributed by atoms with Gasteiger partial charge in [-0.3, -0.25) is 4.79 Å². The zero-order valence-corrected chi connectivity index (χ0v) is 19.5. The molecule has 33 heavy (non-hydrogen) atoms. The quantitative estimate of drug-likeness (QED) is 0.605. The van der Waals surface area contributed by atoms with Crippen LogP contribution in [0.1, 0.15) is 34.6 Å². The predicted molar refractivity (Wildman–Crippen MR) is 126 cm³/mol. The van der Waals surface area contributed by atoms with E-state index in [1.807, 2.05) is 30.4 Å². The number of benzene rings is 2. The first-order valence-corrected chi connectivity index (χ1v) is 12.0. The minimum absolute atomic E-state index is 0.0720. The second-order valence-corrected chi connectivity index (χ2v) is 9.69. The van der Waals surface area contributed by atoms with Gasteiger partial charge in [0.25, 0.3) is 15.9 Å². The number of hydrogen-bond donors (Lipinski definition) is 1. The first-order chi connectivity index (χ1) is 15.7. The fourth-order valence-electron chi connectivity index (χ4n) is 3.99. The molecule has 0 unspecified atom stereocenters. The summed E-state index contributed by atoms with van der Waals surface area (Å²) in [5.41, 5.74) is 3.25. The fraction of sp³-hybridized carbons (Fsp3) is 0.250. The smallest absolute Gasteiger partial charge is 0.283 e. The van der Waals surface area contributed by atoms with E-state index in [9.17, 15) is 17.6 Å². The molecule has 1 fully saturated rings. The standard InChI is InChI=1S/C24H25FN4O3S/c1-16-15-22(17(2)29(16)20-10-6-18(25)7-11-20)24(30)26-19-8-12-21(13-9-19)33(31,32)27-23-5-4-14-28(23)3/h6-13,15H,4-5,14H2,1-3H3,(H,26,30). The largest absolute Gasteiger partial charge is 0.362 e. The maximum atomic E-state index is 13.3. The van der Waals surface area contributed by atoms with Crippen LogP contribution in [0.5, 0.6) is 0 Å². The molecule has 2 heterocycles. The van der Waals surface area contributed by atoms with Crippen LogP contribution in [0, 0.1) is 19.7 Å². The molecule has 0 spiro atoms. The number of nitrogens with one attached hydrogen (secondary N) is 1. The lowest BCUT2D eigenvalue weighted by molar-refractivity contribution is 0.102. The number of nitrogens with zero attached hydrogens (tertiary/aromatic N) is 3. The second kappa shape index (κ2) is 8.82. The van der Waals surface area contributed by atoms with Gasteiger partial charge in [-0.15, -0.1) is 4.40 Å². The van der Waals surface area contributed by atoms with Gasteiger partial charge in [0.15, 0.2) is 0 Å². The third kappa shape index (κ3) is 4.68. The highest BCUT2D eigenvalue weighted by atomic mass is 32.2. The molecule has 4 rings (SSSR count). The number of halogens is 1. The highest BCUT2D eigenvalue weighted by molar-refractivity contribution is 7.90. The SMILES string of the molecule is Cc1cc(C(=O)Nc2ccc(S(=O)(=O)N=C3CCCN3C)cc2)c(C)n1-c1ccc(F)cc1. The molecule has 172 valence electrons. The maximum absolute atomic E-state index is 13.3. The summed E-state index contributed by atoms with van der Waals surface area (Å²) in [4.78, 5) is 14.8. The van der Waals surface area contributed by atoms with E-state index in [-0.39, 0.29) is 16.6 Å². The summed E-state index contributed by atoms with van der Waals surface area (Å²) in [7, 11) is -1.99. The van der Waals surface area contributed by atoms with Crippen molar-refractivity contribution in [2.45, 2.75) is 31.6 Å². The molecule has 0 atom stereocenters. The predicted octanol–water partition coefficient (Wildman–Crippen LogP) is 4.30. The van der Waals surface area contributed by atoms with Gasteiger partial charge in [-0.25, -0.2) is 4.39 Å². The van der Waals surface area contributed by atoms with Gasteiger partial charge in [0, 0.05) is 42.8 Å². The zero-order valence-electron chi connectivity index (χ0n) is 18.7. The van der Waals surface area contributed by atoms with Gasteiger partial charge in [0.1, 0.15) is 11.7 Å². The van der Waals surface area contributed by atoms with Crippen molar-refractivity contribution < 1.29 is 17.6 Å². The molecular formula is C24H25FN4O3S. The van der Waals surface area contributed by atoms with Crippen molar-refractivity contribution in [1.82, 2.24) is 9.47 Å². The molecule has 3 aromatic rings. The summed E-state index contributed by atoms with van der Waals surface area (Å²) < 4.78 is 44.3. The summed E-state index contributed by atoms with van der Waals surface area (Å²) in [6, 6.07) is 13.8. The summed E-state index contributed by atoms with van der Waals surface area (Å²) in [6.07, 6.45) is 1.53. The molecule has 2 aromatic carbocycles. The monoisotopic (exact) mass is 468 g/mol. The lowest BCUT2D eigenvalue weighted by atomic mass is 10.2. The van der Waals surface area contributed by atoms with Crippen molar-refractivity contribution in [3.05, 3.63) is 77.4 Å². The Balaban J connectivity index is 1.53. The van der Waals surface area contributed by atoms with E-state index in [0.29, 0.717) is 29.2 Å². The topological polar surface area (TPSA) is 83.8 Å². The molecule has 1 aliphatic rings. The van der Waals surface area contributed by atoms with Crippen LogP contribution < -0.4 is 5.32 Å². The molecule has 7 nitrogen and oxygen atoms in total. The Morgan fingerprint density at radius 1 is 1.06 bits per heavy atom. The van der Waals surface area contributed by atoms with Gasteiger partial charge < -0.3 is 14.8 Å². The van der Waals surface area contributed by atoms with E-state index in [1.165, 1.54) is 24.3 Å². The number of carbonyl (C=O) groups excluding carboxylic acids is 1. The summed E-state index contributed by atoms with van der Waals surface area (Å²) in [5, 5.41) is 2.81. The highest BCUT2D eigenvalue weighted by Crippen LogP contribution is 2.23. The van der Waals surface area contributed by atoms with Crippen molar-refractivity contribution in [2.24, 2.45) is 4.40 Å². The van der Waals surface area contributed by atoms with E-state index < -0.39 is 10.0 Å². The van der Waals surface area contributed by atoms with Crippen molar-refractivity contribution in [1.29, 1.82) is 0 Å². The molecule has 0 radical (unpaired) electrons. The van der Waals surface area contributed by atoms with Crippen molar-refractivity contribution >= 4 is 27.5 Å². The number of hydrogen-bond acceptors (Lipinski definition) is 3. The summed E-state index contributed by atoms with van der Waals surface area (Å²) >= 11 is 0. The van der Waals surface area contributed by atoms with Crippen molar-refractivity contribution in [3.63, 3.8) is 0 Å². The van der Waals surface area contributed by atoms with E-state index in [2.05, 4.69) is 9.71 Å². The first-order valence-electron chi connectivity index (χ1n) is 10.6. The van der Waals surface area contributed by atoms with Crippen LogP contribution in [0.2, 0.25) is 0 Å². The molecule has 9 heteroatoms. The average molecular weight is 469 g/mol. The van der Waals surface area contributed by atoms with Crippen molar-refractivity contribution in [2.75, 3.05) is 18.9 Å². The zero-order chi connectivity index (χ0) is 23.8. The van der Waals surface area contributed by atoms with Gasteiger partial charge in [0.2, 0.25) is 0 Å². The number of sulfonamides is 1. The van der Waals surface area contributed by atoms with Crippen LogP contribution in [0.3, 0.4) is 0 Å². The number of aromatic nitrogens is 1. The second-order valence-electron chi connectivity index (χ2n) is 8.08. The highest BCUT2D eigenvalue weighted by Gasteiger charge is 2.21. The maximum Gasteiger partial charge on any atom is 0.283 e. The number of aryl methyl sites for hydroxylation is 1. The molecule has 1 amide bonds. The molecule has 1 N–H and O–H groups in total. The fourth-order valence-corrected chi connectivity index (χ4v) is 5.08. The minimum Gasteiger partial charge on any atom is -0.362 e. The van der Waals surface area contributed by atoms with Gasteiger partial charge in [-0.2, -0.15) is 8.42 Å². The van der Waals surface area contributed by atoms with Crippen LogP contribution in [-0.4, -0.2) is 43.2 Å². The average Bonchev–Trinajstić information content (AvgIpc) is 3.30. The van der Waals surface area contributed by atoms with Crippen LogP contribution in [-0.2, 0) is 10.0 Å². The normalized spacial score (nSPS) is 15.3. The number of likely N-dealkylation sites (tertiary alicyclic amines) is 1. The van der Waals surface area contributed by atoms with Crippen molar-refractivity contribution in [3.8, 4) is 5.69 Å². The number of amides is 1. The molecule has 0 bridgehead atoms. The molecule has 0 saturated carbocycles. The first kappa shape index (κ1) is 22.7. The molecule has 0 aliphatic carbocycles. The lowest BCUT2D eigenvalue weighted by Crippen LogP contribution is -2.20. The number of anilines is 1. The minimum atomic E-state index is -3.81.